The second kappa shape index (κ2) is 6.83. The molecular formula is C16H22N4O. The molecule has 0 spiro atoms. The van der Waals surface area contributed by atoms with Crippen molar-refractivity contribution in [3.8, 4) is 5.69 Å². The normalized spacial score (nSPS) is 22.3. The van der Waals surface area contributed by atoms with Gasteiger partial charge in [-0.1, -0.05) is 18.2 Å². The van der Waals surface area contributed by atoms with Crippen molar-refractivity contribution in [2.75, 3.05) is 6.54 Å². The molecule has 112 valence electrons. The third kappa shape index (κ3) is 3.89. The number of para-hydroxylation sites is 1. The molecule has 1 aliphatic carbocycles. The second-order valence-electron chi connectivity index (χ2n) is 5.77. The Morgan fingerprint density at radius 3 is 2.67 bits per heavy atom. The van der Waals surface area contributed by atoms with Crippen molar-refractivity contribution in [3.05, 3.63) is 42.2 Å². The number of rotatable bonds is 5. The van der Waals surface area contributed by atoms with E-state index >= 15 is 0 Å². The smallest absolute Gasteiger partial charge is 0.0969 e. The van der Waals surface area contributed by atoms with Crippen molar-refractivity contribution < 1.29 is 5.11 Å². The zero-order valence-corrected chi connectivity index (χ0v) is 12.2. The van der Waals surface area contributed by atoms with E-state index in [1.807, 2.05) is 36.5 Å². The molecule has 1 aliphatic rings. The minimum absolute atomic E-state index is 0.0768. The van der Waals surface area contributed by atoms with E-state index in [-0.39, 0.29) is 6.10 Å². The van der Waals surface area contributed by atoms with E-state index in [1.165, 1.54) is 0 Å². The van der Waals surface area contributed by atoms with Crippen molar-refractivity contribution >= 4 is 0 Å². The van der Waals surface area contributed by atoms with Gasteiger partial charge in [-0.15, -0.1) is 0 Å². The third-order valence-corrected chi connectivity index (χ3v) is 4.08. The molecule has 1 aromatic carbocycles. The monoisotopic (exact) mass is 286 g/mol. The van der Waals surface area contributed by atoms with Gasteiger partial charge in [0.2, 0.25) is 0 Å². The van der Waals surface area contributed by atoms with E-state index < -0.39 is 0 Å². The van der Waals surface area contributed by atoms with E-state index in [1.54, 1.807) is 4.80 Å². The standard InChI is InChI=1S/C16H22N4O/c21-16-8-6-13(7-9-16)10-17-11-14-12-18-20(19-14)15-4-2-1-3-5-15/h1-5,12-13,16-17,21H,6-11H2. The van der Waals surface area contributed by atoms with E-state index in [4.69, 9.17) is 0 Å². The van der Waals surface area contributed by atoms with Crippen LogP contribution in [0.15, 0.2) is 36.5 Å². The molecule has 0 saturated heterocycles. The van der Waals surface area contributed by atoms with Gasteiger partial charge in [-0.05, 0) is 50.3 Å². The molecule has 5 heteroatoms. The minimum atomic E-state index is -0.0768. The second-order valence-corrected chi connectivity index (χ2v) is 5.77. The Morgan fingerprint density at radius 1 is 1.14 bits per heavy atom. The molecule has 3 rings (SSSR count). The van der Waals surface area contributed by atoms with E-state index in [0.29, 0.717) is 5.92 Å². The SMILES string of the molecule is OC1CCC(CNCc2cnn(-c3ccccc3)n2)CC1. The molecule has 0 aliphatic heterocycles. The summed E-state index contributed by atoms with van der Waals surface area (Å²) in [7, 11) is 0. The lowest BCUT2D eigenvalue weighted by atomic mass is 9.87. The Morgan fingerprint density at radius 2 is 1.90 bits per heavy atom. The van der Waals surface area contributed by atoms with Gasteiger partial charge in [-0.2, -0.15) is 15.0 Å². The molecule has 1 fully saturated rings. The highest BCUT2D eigenvalue weighted by atomic mass is 16.3. The van der Waals surface area contributed by atoms with Crippen LogP contribution in [0, 0.1) is 5.92 Å². The summed E-state index contributed by atoms with van der Waals surface area (Å²) in [5.41, 5.74) is 1.93. The predicted molar refractivity (Wildman–Crippen MR) is 81.0 cm³/mol. The van der Waals surface area contributed by atoms with Crippen molar-refractivity contribution in [1.82, 2.24) is 20.3 Å². The van der Waals surface area contributed by atoms with Crippen LogP contribution in [-0.2, 0) is 6.54 Å². The first-order valence-corrected chi connectivity index (χ1v) is 7.66. The molecule has 2 N–H and O–H groups in total. The van der Waals surface area contributed by atoms with Crippen LogP contribution < -0.4 is 5.32 Å². The van der Waals surface area contributed by atoms with Crippen LogP contribution in [-0.4, -0.2) is 32.7 Å². The Hall–Kier alpha value is -1.72. The van der Waals surface area contributed by atoms with Crippen molar-refractivity contribution in [1.29, 1.82) is 0 Å². The first kappa shape index (κ1) is 14.2. The summed E-state index contributed by atoms with van der Waals surface area (Å²) < 4.78 is 0. The van der Waals surface area contributed by atoms with Gasteiger partial charge >= 0.3 is 0 Å². The average molecular weight is 286 g/mol. The lowest BCUT2D eigenvalue weighted by Crippen LogP contribution is -2.27. The zero-order valence-electron chi connectivity index (χ0n) is 12.2. The fourth-order valence-electron chi connectivity index (χ4n) is 2.81. The largest absolute Gasteiger partial charge is 0.393 e. The Balaban J connectivity index is 1.47. The van der Waals surface area contributed by atoms with E-state index in [9.17, 15) is 5.11 Å². The number of aliphatic hydroxyl groups excluding tert-OH is 1. The summed E-state index contributed by atoms with van der Waals surface area (Å²) in [5, 5.41) is 21.7. The average Bonchev–Trinajstić information content (AvgIpc) is 2.99. The summed E-state index contributed by atoms with van der Waals surface area (Å²) in [5.74, 6) is 0.678. The van der Waals surface area contributed by atoms with Crippen LogP contribution in [0.4, 0.5) is 0 Å². The maximum atomic E-state index is 9.50. The number of nitrogens with one attached hydrogen (secondary N) is 1. The minimum Gasteiger partial charge on any atom is -0.393 e. The number of aromatic nitrogens is 3. The van der Waals surface area contributed by atoms with Crippen LogP contribution in [0.2, 0.25) is 0 Å². The molecule has 0 bridgehead atoms. The molecule has 1 heterocycles. The van der Waals surface area contributed by atoms with Crippen LogP contribution in [0.25, 0.3) is 5.69 Å². The predicted octanol–water partition coefficient (Wildman–Crippen LogP) is 1.91. The molecule has 2 aromatic rings. The van der Waals surface area contributed by atoms with Gasteiger partial charge in [0.05, 0.1) is 23.7 Å². The molecule has 0 amide bonds. The van der Waals surface area contributed by atoms with Gasteiger partial charge in [-0.3, -0.25) is 0 Å². The molecule has 21 heavy (non-hydrogen) atoms. The molecule has 5 nitrogen and oxygen atoms in total. The number of hydrogen-bond acceptors (Lipinski definition) is 4. The quantitative estimate of drug-likeness (QED) is 0.881. The van der Waals surface area contributed by atoms with E-state index in [2.05, 4.69) is 15.5 Å². The first-order chi connectivity index (χ1) is 10.3. The molecule has 1 saturated carbocycles. The summed E-state index contributed by atoms with van der Waals surface area (Å²) in [6.45, 7) is 1.73. The summed E-state index contributed by atoms with van der Waals surface area (Å²) in [6, 6.07) is 9.92. The summed E-state index contributed by atoms with van der Waals surface area (Å²) in [6.07, 6.45) is 5.85. The van der Waals surface area contributed by atoms with Crippen molar-refractivity contribution in [3.63, 3.8) is 0 Å². The van der Waals surface area contributed by atoms with Gasteiger partial charge in [0.1, 0.15) is 0 Å². The first-order valence-electron chi connectivity index (χ1n) is 7.66. The molecule has 0 radical (unpaired) electrons. The molecular weight excluding hydrogens is 264 g/mol. The summed E-state index contributed by atoms with van der Waals surface area (Å²) in [4.78, 5) is 1.66. The van der Waals surface area contributed by atoms with Crippen molar-refractivity contribution in [2.45, 2.75) is 38.3 Å². The number of aliphatic hydroxyl groups is 1. The highest BCUT2D eigenvalue weighted by molar-refractivity contribution is 5.28. The number of benzene rings is 1. The van der Waals surface area contributed by atoms with Crippen LogP contribution >= 0.6 is 0 Å². The molecule has 1 aromatic heterocycles. The van der Waals surface area contributed by atoms with Gasteiger partial charge in [-0.25, -0.2) is 0 Å². The lowest BCUT2D eigenvalue weighted by molar-refractivity contribution is 0.108. The number of nitrogens with zero attached hydrogens (tertiary/aromatic N) is 3. The molecule has 0 atom stereocenters. The van der Waals surface area contributed by atoms with Gasteiger partial charge in [0.25, 0.3) is 0 Å². The van der Waals surface area contributed by atoms with Crippen molar-refractivity contribution in [2.24, 2.45) is 5.92 Å². The number of hydrogen-bond donors (Lipinski definition) is 2. The zero-order chi connectivity index (χ0) is 14.5. The topological polar surface area (TPSA) is 63.0 Å². The van der Waals surface area contributed by atoms with E-state index in [0.717, 1.165) is 50.2 Å². The molecule has 0 unspecified atom stereocenters. The summed E-state index contributed by atoms with van der Waals surface area (Å²) >= 11 is 0. The van der Waals surface area contributed by atoms with Crippen LogP contribution in [0.5, 0.6) is 0 Å². The maximum Gasteiger partial charge on any atom is 0.0969 e. The highest BCUT2D eigenvalue weighted by Crippen LogP contribution is 2.23. The van der Waals surface area contributed by atoms with Crippen LogP contribution in [0.3, 0.4) is 0 Å². The van der Waals surface area contributed by atoms with Crippen LogP contribution in [0.1, 0.15) is 31.4 Å². The van der Waals surface area contributed by atoms with Gasteiger partial charge in [0.15, 0.2) is 0 Å². The maximum absolute atomic E-state index is 9.50. The Kier molecular flexibility index (Phi) is 4.62. The fourth-order valence-corrected chi connectivity index (χ4v) is 2.81. The highest BCUT2D eigenvalue weighted by Gasteiger charge is 2.18. The van der Waals surface area contributed by atoms with Gasteiger partial charge < -0.3 is 10.4 Å². The lowest BCUT2D eigenvalue weighted by Gasteiger charge is -2.25. The van der Waals surface area contributed by atoms with Gasteiger partial charge in [0, 0.05) is 6.54 Å². The Bertz CT molecular complexity index is 546. The fraction of sp³-hybridized carbons (Fsp3) is 0.500. The Labute approximate surface area is 125 Å². The third-order valence-electron chi connectivity index (χ3n) is 4.08.